The highest BCUT2D eigenvalue weighted by atomic mass is 16.4. The Morgan fingerprint density at radius 1 is 1.20 bits per heavy atom. The first-order valence-electron chi connectivity index (χ1n) is 9.64. The summed E-state index contributed by atoms with van der Waals surface area (Å²) in [5.41, 5.74) is 2.19. The van der Waals surface area contributed by atoms with E-state index in [1.807, 2.05) is 0 Å². The van der Waals surface area contributed by atoms with Crippen molar-refractivity contribution in [2.75, 3.05) is 26.7 Å². The molecule has 0 unspecified atom stereocenters. The van der Waals surface area contributed by atoms with E-state index < -0.39 is 11.4 Å². The highest BCUT2D eigenvalue weighted by molar-refractivity contribution is 5.76. The first kappa shape index (κ1) is 18.4. The van der Waals surface area contributed by atoms with Crippen molar-refractivity contribution in [2.24, 2.45) is 11.3 Å². The summed E-state index contributed by atoms with van der Waals surface area (Å²) in [6, 6.07) is 9.09. The van der Waals surface area contributed by atoms with E-state index in [2.05, 4.69) is 55.0 Å². The van der Waals surface area contributed by atoms with Crippen molar-refractivity contribution in [3.63, 3.8) is 0 Å². The summed E-state index contributed by atoms with van der Waals surface area (Å²) in [6.45, 7) is 8.16. The lowest BCUT2D eigenvalue weighted by Gasteiger charge is -2.51. The van der Waals surface area contributed by atoms with Gasteiger partial charge in [0.15, 0.2) is 0 Å². The maximum atomic E-state index is 12.0. The van der Waals surface area contributed by atoms with Crippen LogP contribution in [0.1, 0.15) is 44.2 Å². The molecule has 138 valence electrons. The summed E-state index contributed by atoms with van der Waals surface area (Å²) >= 11 is 0. The van der Waals surface area contributed by atoms with Crippen LogP contribution < -0.4 is 0 Å². The fourth-order valence-electron chi connectivity index (χ4n) is 4.70. The predicted octanol–water partition coefficient (Wildman–Crippen LogP) is 3.26. The zero-order valence-electron chi connectivity index (χ0n) is 15.9. The number of carbonyl (C=O) groups is 1. The second-order valence-corrected chi connectivity index (χ2v) is 8.46. The third-order valence-electron chi connectivity index (χ3n) is 6.11. The number of fused-ring (bicyclic) bond motifs is 1. The molecule has 0 radical (unpaired) electrons. The minimum Gasteiger partial charge on any atom is -0.481 e. The fourth-order valence-corrected chi connectivity index (χ4v) is 4.70. The predicted molar refractivity (Wildman–Crippen MR) is 101 cm³/mol. The van der Waals surface area contributed by atoms with Gasteiger partial charge >= 0.3 is 5.97 Å². The lowest BCUT2D eigenvalue weighted by molar-refractivity contribution is -0.162. The monoisotopic (exact) mass is 344 g/mol. The summed E-state index contributed by atoms with van der Waals surface area (Å²) in [6.07, 6.45) is 3.71. The van der Waals surface area contributed by atoms with Crippen LogP contribution in [0, 0.1) is 11.3 Å². The third-order valence-corrected chi connectivity index (χ3v) is 6.11. The average Bonchev–Trinajstić information content (AvgIpc) is 2.57. The van der Waals surface area contributed by atoms with E-state index in [1.165, 1.54) is 11.1 Å². The quantitative estimate of drug-likeness (QED) is 0.890. The molecule has 1 aromatic carbocycles. The van der Waals surface area contributed by atoms with Crippen LogP contribution in [0.2, 0.25) is 0 Å². The molecule has 0 amide bonds. The summed E-state index contributed by atoms with van der Waals surface area (Å²) in [5, 5.41) is 9.88. The molecule has 2 aliphatic heterocycles. The molecule has 0 saturated carbocycles. The first-order valence-corrected chi connectivity index (χ1v) is 9.64. The first-order chi connectivity index (χ1) is 11.9. The number of aliphatic carboxylic acids is 1. The van der Waals surface area contributed by atoms with Gasteiger partial charge < -0.3 is 10.0 Å². The van der Waals surface area contributed by atoms with Gasteiger partial charge in [-0.3, -0.25) is 9.69 Å². The molecule has 3 rings (SSSR count). The van der Waals surface area contributed by atoms with E-state index in [0.29, 0.717) is 5.92 Å². The van der Waals surface area contributed by atoms with E-state index in [4.69, 9.17) is 0 Å². The van der Waals surface area contributed by atoms with Crippen molar-refractivity contribution in [2.45, 2.75) is 52.1 Å². The van der Waals surface area contributed by atoms with Crippen LogP contribution in [0.15, 0.2) is 24.3 Å². The highest BCUT2D eigenvalue weighted by Crippen LogP contribution is 2.42. The van der Waals surface area contributed by atoms with Gasteiger partial charge in [0.2, 0.25) is 0 Å². The number of benzene rings is 1. The minimum absolute atomic E-state index is 0.132. The number of piperidine rings is 2. The zero-order chi connectivity index (χ0) is 18.0. The summed E-state index contributed by atoms with van der Waals surface area (Å²) in [4.78, 5) is 16.7. The Morgan fingerprint density at radius 3 is 2.52 bits per heavy atom. The Kier molecular flexibility index (Phi) is 5.49. The molecule has 0 aromatic heterocycles. The minimum atomic E-state index is -0.596. The molecule has 2 heterocycles. The Hall–Kier alpha value is -1.39. The number of carboxylic acid groups (broad SMARTS) is 1. The van der Waals surface area contributed by atoms with Gasteiger partial charge in [0.05, 0.1) is 5.41 Å². The van der Waals surface area contributed by atoms with E-state index in [1.54, 1.807) is 0 Å². The van der Waals surface area contributed by atoms with Crippen molar-refractivity contribution in [1.82, 2.24) is 9.80 Å². The van der Waals surface area contributed by atoms with Gasteiger partial charge in [-0.15, -0.1) is 0 Å². The molecule has 2 aliphatic rings. The third kappa shape index (κ3) is 3.90. The topological polar surface area (TPSA) is 43.8 Å². The summed E-state index contributed by atoms with van der Waals surface area (Å²) in [5.74, 6) is 0.0839. The van der Waals surface area contributed by atoms with Crippen LogP contribution in [0.25, 0.3) is 0 Å². The molecule has 0 bridgehead atoms. The summed E-state index contributed by atoms with van der Waals surface area (Å²) < 4.78 is 0. The van der Waals surface area contributed by atoms with Crippen molar-refractivity contribution < 1.29 is 9.90 Å². The van der Waals surface area contributed by atoms with Crippen LogP contribution in [0.4, 0.5) is 0 Å². The molecule has 25 heavy (non-hydrogen) atoms. The molecule has 0 spiro atoms. The molecule has 2 saturated heterocycles. The molecule has 1 aromatic rings. The van der Waals surface area contributed by atoms with E-state index in [9.17, 15) is 9.90 Å². The van der Waals surface area contributed by atoms with Gasteiger partial charge in [0, 0.05) is 19.1 Å². The van der Waals surface area contributed by atoms with Gasteiger partial charge in [-0.1, -0.05) is 38.1 Å². The standard InChI is InChI=1S/C21H32N2O2/c1-16(2)13-17-5-7-18(8-6-17)14-23-12-10-21(20(24)25)9-4-11-22(3)19(21)15-23/h5-8,16,19H,4,9-15H2,1-3H3,(H,24,25)/t19-,21+/m1/s1. The smallest absolute Gasteiger partial charge is 0.311 e. The van der Waals surface area contributed by atoms with Crippen LogP contribution in [0.5, 0.6) is 0 Å². The molecular weight excluding hydrogens is 312 g/mol. The molecule has 0 aliphatic carbocycles. The van der Waals surface area contributed by atoms with Gasteiger partial charge in [-0.05, 0) is 62.9 Å². The molecule has 4 nitrogen and oxygen atoms in total. The van der Waals surface area contributed by atoms with Gasteiger partial charge in [-0.25, -0.2) is 0 Å². The van der Waals surface area contributed by atoms with Gasteiger partial charge in [0.1, 0.15) is 0 Å². The Bertz CT molecular complexity index is 598. The average molecular weight is 344 g/mol. The van der Waals surface area contributed by atoms with Crippen LogP contribution in [-0.2, 0) is 17.8 Å². The van der Waals surface area contributed by atoms with Gasteiger partial charge in [-0.2, -0.15) is 0 Å². The zero-order valence-corrected chi connectivity index (χ0v) is 15.9. The lowest BCUT2D eigenvalue weighted by atomic mass is 9.68. The summed E-state index contributed by atoms with van der Waals surface area (Å²) in [7, 11) is 2.09. The number of likely N-dealkylation sites (N-methyl/N-ethyl adjacent to an activating group) is 1. The van der Waals surface area contributed by atoms with E-state index in [-0.39, 0.29) is 6.04 Å². The lowest BCUT2D eigenvalue weighted by Crippen LogP contribution is -2.62. The Labute approximate surface area is 151 Å². The normalized spacial score (nSPS) is 28.1. The van der Waals surface area contributed by atoms with Crippen LogP contribution >= 0.6 is 0 Å². The van der Waals surface area contributed by atoms with E-state index >= 15 is 0 Å². The second-order valence-electron chi connectivity index (χ2n) is 8.46. The van der Waals surface area contributed by atoms with Gasteiger partial charge in [0.25, 0.3) is 0 Å². The SMILES string of the molecule is CC(C)Cc1ccc(CN2CC[C@@]3(C(=O)O)CCCN(C)[C@@H]3C2)cc1. The molecule has 1 N–H and O–H groups in total. The van der Waals surface area contributed by atoms with Crippen molar-refractivity contribution >= 4 is 5.97 Å². The number of carboxylic acids is 1. The number of hydrogen-bond donors (Lipinski definition) is 1. The molecule has 2 atom stereocenters. The highest BCUT2D eigenvalue weighted by Gasteiger charge is 2.52. The van der Waals surface area contributed by atoms with E-state index in [0.717, 1.165) is 51.9 Å². The molecule has 4 heteroatoms. The van der Waals surface area contributed by atoms with Crippen LogP contribution in [-0.4, -0.2) is 53.6 Å². The van der Waals surface area contributed by atoms with Crippen LogP contribution in [0.3, 0.4) is 0 Å². The number of likely N-dealkylation sites (tertiary alicyclic amines) is 2. The number of hydrogen-bond acceptors (Lipinski definition) is 3. The number of nitrogens with zero attached hydrogens (tertiary/aromatic N) is 2. The van der Waals surface area contributed by atoms with Crippen molar-refractivity contribution in [3.05, 3.63) is 35.4 Å². The Balaban J connectivity index is 1.66. The maximum Gasteiger partial charge on any atom is 0.311 e. The maximum absolute atomic E-state index is 12.0. The second kappa shape index (κ2) is 7.46. The van der Waals surface area contributed by atoms with Crippen molar-refractivity contribution in [3.8, 4) is 0 Å². The van der Waals surface area contributed by atoms with Crippen molar-refractivity contribution in [1.29, 1.82) is 0 Å². The fraction of sp³-hybridized carbons (Fsp3) is 0.667. The Morgan fingerprint density at radius 2 is 1.88 bits per heavy atom. The molecular formula is C21H32N2O2. The molecule has 2 fully saturated rings. The number of rotatable bonds is 5. The largest absolute Gasteiger partial charge is 0.481 e.